The zero-order valence-electron chi connectivity index (χ0n) is 18.3. The van der Waals surface area contributed by atoms with Crippen LogP contribution in [0.15, 0.2) is 47.4 Å². The minimum absolute atomic E-state index is 0.177. The van der Waals surface area contributed by atoms with E-state index in [1.165, 1.54) is 16.7 Å². The number of thiocarbonyl (C=S) groups is 1. The van der Waals surface area contributed by atoms with Crippen LogP contribution < -0.4 is 19.5 Å². The van der Waals surface area contributed by atoms with Gasteiger partial charge in [0.1, 0.15) is 10.1 Å². The third-order valence-electron chi connectivity index (χ3n) is 4.89. The molecule has 9 heteroatoms. The van der Waals surface area contributed by atoms with E-state index in [1.807, 2.05) is 18.2 Å². The fourth-order valence-corrected chi connectivity index (χ4v) is 4.50. The second kappa shape index (κ2) is 10.3. The van der Waals surface area contributed by atoms with Crippen molar-refractivity contribution in [3.8, 4) is 17.2 Å². The minimum Gasteiger partial charge on any atom is -0.493 e. The first-order chi connectivity index (χ1) is 15.9. The van der Waals surface area contributed by atoms with Crippen molar-refractivity contribution >= 4 is 46.2 Å². The summed E-state index contributed by atoms with van der Waals surface area (Å²) in [5, 5.41) is 2.84. The van der Waals surface area contributed by atoms with E-state index in [4.69, 9.17) is 26.4 Å². The van der Waals surface area contributed by atoms with E-state index in [0.29, 0.717) is 45.4 Å². The number of nitrogens with zero attached hydrogens (tertiary/aromatic N) is 1. The Morgan fingerprint density at radius 3 is 2.73 bits per heavy atom. The van der Waals surface area contributed by atoms with Crippen molar-refractivity contribution in [2.24, 2.45) is 5.92 Å². The van der Waals surface area contributed by atoms with Gasteiger partial charge in [0.05, 0.1) is 11.5 Å². The lowest BCUT2D eigenvalue weighted by molar-refractivity contribution is -0.122. The Morgan fingerprint density at radius 1 is 1.21 bits per heavy atom. The zero-order valence-corrected chi connectivity index (χ0v) is 20.0. The van der Waals surface area contributed by atoms with Gasteiger partial charge in [-0.25, -0.2) is 0 Å². The van der Waals surface area contributed by atoms with Crippen molar-refractivity contribution in [2.45, 2.75) is 13.8 Å². The van der Waals surface area contributed by atoms with Gasteiger partial charge in [-0.05, 0) is 54.0 Å². The van der Waals surface area contributed by atoms with Crippen LogP contribution in [0.1, 0.15) is 29.8 Å². The number of hydrogen-bond acceptors (Lipinski definition) is 7. The largest absolute Gasteiger partial charge is 0.493 e. The molecule has 2 aliphatic heterocycles. The van der Waals surface area contributed by atoms with E-state index in [-0.39, 0.29) is 25.2 Å². The van der Waals surface area contributed by atoms with Crippen LogP contribution in [-0.2, 0) is 4.79 Å². The molecule has 0 spiro atoms. The highest BCUT2D eigenvalue weighted by Gasteiger charge is 2.31. The van der Waals surface area contributed by atoms with Crippen LogP contribution >= 0.6 is 24.0 Å². The van der Waals surface area contributed by atoms with Crippen molar-refractivity contribution in [1.29, 1.82) is 0 Å². The molecule has 0 radical (unpaired) electrons. The van der Waals surface area contributed by atoms with E-state index < -0.39 is 0 Å². The predicted octanol–water partition coefficient (Wildman–Crippen LogP) is 4.08. The first kappa shape index (κ1) is 23.1. The van der Waals surface area contributed by atoms with E-state index >= 15 is 0 Å². The van der Waals surface area contributed by atoms with Gasteiger partial charge in [-0.15, -0.1) is 0 Å². The van der Waals surface area contributed by atoms with Gasteiger partial charge < -0.3 is 19.5 Å². The molecule has 33 heavy (non-hydrogen) atoms. The fourth-order valence-electron chi connectivity index (χ4n) is 3.20. The van der Waals surface area contributed by atoms with Gasteiger partial charge in [-0.2, -0.15) is 0 Å². The molecular formula is C24H24N2O5S2. The number of amides is 2. The highest BCUT2D eigenvalue weighted by Crippen LogP contribution is 2.36. The number of ether oxygens (including phenoxy) is 3. The predicted molar refractivity (Wildman–Crippen MR) is 132 cm³/mol. The van der Waals surface area contributed by atoms with Crippen LogP contribution in [0, 0.1) is 5.92 Å². The maximum Gasteiger partial charge on any atom is 0.266 e. The van der Waals surface area contributed by atoms with Crippen molar-refractivity contribution in [1.82, 2.24) is 10.2 Å². The lowest BCUT2D eigenvalue weighted by atomic mass is 10.2. The zero-order chi connectivity index (χ0) is 23.4. The van der Waals surface area contributed by atoms with Crippen LogP contribution in [0.5, 0.6) is 17.2 Å². The molecular weight excluding hydrogens is 460 g/mol. The fraction of sp³-hybridized carbons (Fsp3) is 0.292. The average molecular weight is 485 g/mol. The maximum absolute atomic E-state index is 12.8. The van der Waals surface area contributed by atoms with Gasteiger partial charge in [-0.3, -0.25) is 14.5 Å². The first-order valence-corrected chi connectivity index (χ1v) is 11.8. The molecule has 4 rings (SSSR count). The number of hydrogen-bond donors (Lipinski definition) is 1. The van der Waals surface area contributed by atoms with E-state index in [1.54, 1.807) is 30.3 Å². The molecule has 0 atom stereocenters. The number of carbonyl (C=O) groups excluding carboxylic acids is 2. The Balaban J connectivity index is 1.30. The summed E-state index contributed by atoms with van der Waals surface area (Å²) in [5.74, 6) is 2.11. The molecule has 0 saturated carbocycles. The Bertz CT molecular complexity index is 1100. The van der Waals surface area contributed by atoms with Crippen molar-refractivity contribution in [2.75, 3.05) is 26.5 Å². The summed E-state index contributed by atoms with van der Waals surface area (Å²) in [6.07, 6.45) is 1.78. The molecule has 1 saturated heterocycles. The second-order valence-corrected chi connectivity index (χ2v) is 9.61. The molecule has 1 fully saturated rings. The SMILES string of the molecule is CC(C)COc1ccc(C(=O)NCCN2C(=O)C(=Cc3ccc4c(c3)OCO4)SC2=S)cc1. The molecule has 0 aromatic heterocycles. The van der Waals surface area contributed by atoms with Crippen molar-refractivity contribution in [3.63, 3.8) is 0 Å². The van der Waals surface area contributed by atoms with Crippen molar-refractivity contribution < 1.29 is 23.8 Å². The Kier molecular flexibility index (Phi) is 7.20. The van der Waals surface area contributed by atoms with Gasteiger partial charge in [0.15, 0.2) is 11.5 Å². The molecule has 2 amide bonds. The Labute approximate surface area is 202 Å². The lowest BCUT2D eigenvalue weighted by Crippen LogP contribution is -2.37. The summed E-state index contributed by atoms with van der Waals surface area (Å²) in [6.45, 7) is 5.56. The highest BCUT2D eigenvalue weighted by atomic mass is 32.2. The first-order valence-electron chi connectivity index (χ1n) is 10.6. The van der Waals surface area contributed by atoms with Crippen LogP contribution in [0.3, 0.4) is 0 Å². The minimum atomic E-state index is -0.216. The molecule has 1 N–H and O–H groups in total. The van der Waals surface area contributed by atoms with Crippen LogP contribution in [-0.4, -0.2) is 47.5 Å². The molecule has 172 valence electrons. The summed E-state index contributed by atoms with van der Waals surface area (Å²) in [4.78, 5) is 27.3. The molecule has 0 bridgehead atoms. The maximum atomic E-state index is 12.8. The third-order valence-corrected chi connectivity index (χ3v) is 6.27. The Morgan fingerprint density at radius 2 is 1.97 bits per heavy atom. The number of nitrogens with one attached hydrogen (secondary N) is 1. The summed E-state index contributed by atoms with van der Waals surface area (Å²) in [6, 6.07) is 12.5. The molecule has 0 unspecified atom stereocenters. The molecule has 2 heterocycles. The van der Waals surface area contributed by atoms with Gasteiger partial charge in [0.25, 0.3) is 11.8 Å². The number of rotatable bonds is 8. The van der Waals surface area contributed by atoms with E-state index in [2.05, 4.69) is 19.2 Å². The molecule has 0 aliphatic carbocycles. The number of benzene rings is 2. The normalized spacial score (nSPS) is 16.1. The van der Waals surface area contributed by atoms with Crippen LogP contribution in [0.25, 0.3) is 6.08 Å². The van der Waals surface area contributed by atoms with E-state index in [9.17, 15) is 9.59 Å². The number of fused-ring (bicyclic) bond motifs is 1. The smallest absolute Gasteiger partial charge is 0.266 e. The van der Waals surface area contributed by atoms with Gasteiger partial charge in [0.2, 0.25) is 6.79 Å². The standard InChI is InChI=1S/C24H24N2O5S2/c1-15(2)13-29-18-6-4-17(5-7-18)22(27)25-9-10-26-23(28)21(33-24(26)32)12-16-3-8-19-20(11-16)31-14-30-19/h3-8,11-12,15H,9-10,13-14H2,1-2H3,(H,25,27). The molecule has 2 aromatic rings. The van der Waals surface area contributed by atoms with E-state index in [0.717, 1.165) is 11.3 Å². The summed E-state index contributed by atoms with van der Waals surface area (Å²) < 4.78 is 16.8. The third kappa shape index (κ3) is 5.66. The summed E-state index contributed by atoms with van der Waals surface area (Å²) in [5.41, 5.74) is 1.36. The van der Waals surface area contributed by atoms with Gasteiger partial charge in [-0.1, -0.05) is 43.9 Å². The summed E-state index contributed by atoms with van der Waals surface area (Å²) in [7, 11) is 0. The van der Waals surface area contributed by atoms with Gasteiger partial charge >= 0.3 is 0 Å². The topological polar surface area (TPSA) is 77.1 Å². The molecule has 2 aromatic carbocycles. The Hall–Kier alpha value is -3.04. The molecule has 7 nitrogen and oxygen atoms in total. The van der Waals surface area contributed by atoms with Crippen LogP contribution in [0.4, 0.5) is 0 Å². The van der Waals surface area contributed by atoms with Crippen molar-refractivity contribution in [3.05, 3.63) is 58.5 Å². The quantitative estimate of drug-likeness (QED) is 0.447. The lowest BCUT2D eigenvalue weighted by Gasteiger charge is -2.15. The molecule has 2 aliphatic rings. The second-order valence-electron chi connectivity index (χ2n) is 7.93. The number of carbonyl (C=O) groups is 2. The number of thioether (sulfide) groups is 1. The van der Waals surface area contributed by atoms with Gasteiger partial charge in [0, 0.05) is 18.7 Å². The highest BCUT2D eigenvalue weighted by molar-refractivity contribution is 8.26. The summed E-state index contributed by atoms with van der Waals surface area (Å²) >= 11 is 6.62. The average Bonchev–Trinajstić information content (AvgIpc) is 3.37. The monoisotopic (exact) mass is 484 g/mol. The van der Waals surface area contributed by atoms with Crippen LogP contribution in [0.2, 0.25) is 0 Å².